The minimum Gasteiger partial charge on any atom is -0.383 e. The molecule has 0 saturated heterocycles. The molecule has 0 aromatic carbocycles. The van der Waals surface area contributed by atoms with Crippen molar-refractivity contribution in [1.29, 1.82) is 0 Å². The molecule has 1 fully saturated rings. The van der Waals surface area contributed by atoms with Gasteiger partial charge in [0.25, 0.3) is 0 Å². The lowest BCUT2D eigenvalue weighted by atomic mass is 9.71. The van der Waals surface area contributed by atoms with Crippen LogP contribution in [0.5, 0.6) is 0 Å². The van der Waals surface area contributed by atoms with Gasteiger partial charge in [-0.05, 0) is 52.7 Å². The molecule has 0 amide bonds. The van der Waals surface area contributed by atoms with Gasteiger partial charge in [-0.15, -0.1) is 11.3 Å². The highest BCUT2D eigenvalue weighted by Crippen LogP contribution is 2.40. The van der Waals surface area contributed by atoms with E-state index in [0.29, 0.717) is 5.41 Å². The molecule has 0 aliphatic heterocycles. The quantitative estimate of drug-likeness (QED) is 0.746. The van der Waals surface area contributed by atoms with Crippen molar-refractivity contribution in [2.45, 2.75) is 38.5 Å². The monoisotopic (exact) mass is 345 g/mol. The zero-order chi connectivity index (χ0) is 13.6. The number of thiophene rings is 1. The van der Waals surface area contributed by atoms with Gasteiger partial charge in [-0.2, -0.15) is 0 Å². The van der Waals surface area contributed by atoms with Gasteiger partial charge >= 0.3 is 0 Å². The normalized spacial score (nSPS) is 18.6. The molecular formula is C15H24BrNOS. The van der Waals surface area contributed by atoms with E-state index in [1.165, 1.54) is 47.2 Å². The largest absolute Gasteiger partial charge is 0.383 e. The maximum atomic E-state index is 5.12. The second-order valence-corrected chi connectivity index (χ2v) is 8.16. The number of hydrogen-bond acceptors (Lipinski definition) is 3. The van der Waals surface area contributed by atoms with Crippen LogP contribution in [-0.4, -0.2) is 26.8 Å². The lowest BCUT2D eigenvalue weighted by molar-refractivity contribution is 0.163. The molecule has 0 unspecified atom stereocenters. The van der Waals surface area contributed by atoms with E-state index in [1.54, 1.807) is 7.11 Å². The second kappa shape index (κ2) is 7.77. The summed E-state index contributed by atoms with van der Waals surface area (Å²) in [6.07, 6.45) is 8.14. The summed E-state index contributed by atoms with van der Waals surface area (Å²) in [4.78, 5) is 1.52. The van der Waals surface area contributed by atoms with E-state index in [0.717, 1.165) is 19.7 Å². The van der Waals surface area contributed by atoms with E-state index in [1.807, 2.05) is 11.3 Å². The summed E-state index contributed by atoms with van der Waals surface area (Å²) < 4.78 is 6.37. The lowest BCUT2D eigenvalue weighted by Gasteiger charge is -2.37. The average molecular weight is 346 g/mol. The minimum atomic E-state index is 0.469. The van der Waals surface area contributed by atoms with Crippen LogP contribution in [0.15, 0.2) is 15.9 Å². The third kappa shape index (κ3) is 4.85. The summed E-state index contributed by atoms with van der Waals surface area (Å²) in [5.41, 5.74) is 0.469. The lowest BCUT2D eigenvalue weighted by Crippen LogP contribution is -2.38. The molecule has 0 spiro atoms. The molecule has 19 heavy (non-hydrogen) atoms. The Bertz CT molecular complexity index is 374. The zero-order valence-corrected chi connectivity index (χ0v) is 14.1. The third-order valence-electron chi connectivity index (χ3n) is 4.08. The molecule has 0 radical (unpaired) electrons. The molecule has 1 N–H and O–H groups in total. The fourth-order valence-electron chi connectivity index (χ4n) is 3.06. The Morgan fingerprint density at radius 1 is 1.32 bits per heavy atom. The number of rotatable bonds is 7. The molecule has 108 valence electrons. The van der Waals surface area contributed by atoms with Crippen LogP contribution in [0, 0.1) is 5.41 Å². The predicted octanol–water partition coefficient (Wildman–Crippen LogP) is 4.24. The first-order valence-corrected chi connectivity index (χ1v) is 8.79. The first kappa shape index (κ1) is 15.5. The molecule has 0 atom stereocenters. The Morgan fingerprint density at radius 3 is 2.74 bits per heavy atom. The molecule has 1 heterocycles. The van der Waals surface area contributed by atoms with E-state index >= 15 is 0 Å². The van der Waals surface area contributed by atoms with E-state index in [9.17, 15) is 0 Å². The van der Waals surface area contributed by atoms with Gasteiger partial charge < -0.3 is 10.1 Å². The highest BCUT2D eigenvalue weighted by molar-refractivity contribution is 9.11. The average Bonchev–Trinajstić information content (AvgIpc) is 2.81. The van der Waals surface area contributed by atoms with E-state index in [-0.39, 0.29) is 0 Å². The summed E-state index contributed by atoms with van der Waals surface area (Å²) in [5, 5.41) is 3.59. The van der Waals surface area contributed by atoms with E-state index in [4.69, 9.17) is 4.74 Å². The molecule has 1 saturated carbocycles. The van der Waals surface area contributed by atoms with Gasteiger partial charge in [0.05, 0.1) is 10.4 Å². The van der Waals surface area contributed by atoms with E-state index < -0.39 is 0 Å². The molecular weight excluding hydrogens is 322 g/mol. The Hall–Kier alpha value is 0.1000. The topological polar surface area (TPSA) is 21.3 Å². The zero-order valence-electron chi connectivity index (χ0n) is 11.7. The Balaban J connectivity index is 1.93. The number of methoxy groups -OCH3 is 1. The van der Waals surface area contributed by atoms with Gasteiger partial charge in [0, 0.05) is 25.1 Å². The molecule has 1 aliphatic carbocycles. The Labute approximate surface area is 129 Å². The predicted molar refractivity (Wildman–Crippen MR) is 86.0 cm³/mol. The second-order valence-electron chi connectivity index (χ2n) is 5.61. The van der Waals surface area contributed by atoms with Crippen LogP contribution in [0.4, 0.5) is 0 Å². The van der Waals surface area contributed by atoms with Crippen molar-refractivity contribution in [1.82, 2.24) is 5.32 Å². The van der Waals surface area contributed by atoms with Crippen molar-refractivity contribution >= 4 is 27.3 Å². The van der Waals surface area contributed by atoms with Crippen LogP contribution in [0.2, 0.25) is 0 Å². The van der Waals surface area contributed by atoms with Crippen LogP contribution < -0.4 is 5.32 Å². The molecule has 2 rings (SSSR count). The summed E-state index contributed by atoms with van der Waals surface area (Å²) in [5.74, 6) is 0. The highest BCUT2D eigenvalue weighted by Gasteiger charge is 2.32. The maximum Gasteiger partial charge on any atom is 0.0701 e. The maximum absolute atomic E-state index is 5.12. The third-order valence-corrected chi connectivity index (χ3v) is 5.70. The van der Waals surface area contributed by atoms with Crippen LogP contribution in [0.1, 0.15) is 37.0 Å². The van der Waals surface area contributed by atoms with Crippen LogP contribution in [-0.2, 0) is 11.2 Å². The fraction of sp³-hybridized carbons (Fsp3) is 0.733. The number of nitrogens with one attached hydrogen (secondary N) is 1. The first-order chi connectivity index (χ1) is 9.24. The van der Waals surface area contributed by atoms with Gasteiger partial charge in [-0.25, -0.2) is 0 Å². The van der Waals surface area contributed by atoms with Gasteiger partial charge in [0.1, 0.15) is 0 Å². The molecule has 1 aromatic rings. The van der Waals surface area contributed by atoms with Gasteiger partial charge in [-0.3, -0.25) is 0 Å². The van der Waals surface area contributed by atoms with Crippen LogP contribution in [0.3, 0.4) is 0 Å². The minimum absolute atomic E-state index is 0.469. The Kier molecular flexibility index (Phi) is 6.33. The van der Waals surface area contributed by atoms with Crippen molar-refractivity contribution in [3.8, 4) is 0 Å². The van der Waals surface area contributed by atoms with Gasteiger partial charge in [-0.1, -0.05) is 19.3 Å². The summed E-state index contributed by atoms with van der Waals surface area (Å²) in [6.45, 7) is 2.90. The first-order valence-electron chi connectivity index (χ1n) is 7.18. The van der Waals surface area contributed by atoms with Crippen molar-refractivity contribution in [3.63, 3.8) is 0 Å². The Morgan fingerprint density at radius 2 is 2.11 bits per heavy atom. The molecule has 1 aromatic heterocycles. The smallest absolute Gasteiger partial charge is 0.0701 e. The SMILES string of the molecule is COCCNCC1(Cc2ccc(Br)s2)CCCCC1. The molecule has 1 aliphatic rings. The molecule has 2 nitrogen and oxygen atoms in total. The highest BCUT2D eigenvalue weighted by atomic mass is 79.9. The fourth-order valence-corrected chi connectivity index (χ4v) is 4.72. The van der Waals surface area contributed by atoms with Crippen molar-refractivity contribution in [2.75, 3.05) is 26.8 Å². The van der Waals surface area contributed by atoms with E-state index in [2.05, 4.69) is 33.4 Å². The number of halogens is 1. The summed E-state index contributed by atoms with van der Waals surface area (Å²) in [6, 6.07) is 4.45. The summed E-state index contributed by atoms with van der Waals surface area (Å²) >= 11 is 5.46. The van der Waals surface area contributed by atoms with Crippen molar-refractivity contribution in [2.24, 2.45) is 5.41 Å². The van der Waals surface area contributed by atoms with Crippen LogP contribution >= 0.6 is 27.3 Å². The van der Waals surface area contributed by atoms with Gasteiger partial charge in [0.2, 0.25) is 0 Å². The standard InChI is InChI=1S/C15H24BrNOS/c1-18-10-9-17-12-15(7-3-2-4-8-15)11-13-5-6-14(16)19-13/h5-6,17H,2-4,7-12H2,1H3. The van der Waals surface area contributed by atoms with Crippen molar-refractivity contribution in [3.05, 3.63) is 20.8 Å². The van der Waals surface area contributed by atoms with Gasteiger partial charge in [0.15, 0.2) is 0 Å². The molecule has 4 heteroatoms. The van der Waals surface area contributed by atoms with Crippen LogP contribution in [0.25, 0.3) is 0 Å². The summed E-state index contributed by atoms with van der Waals surface area (Å²) in [7, 11) is 1.77. The number of ether oxygens (including phenoxy) is 1. The molecule has 0 bridgehead atoms. The number of hydrogen-bond donors (Lipinski definition) is 1. The van der Waals surface area contributed by atoms with Crippen molar-refractivity contribution < 1.29 is 4.74 Å².